The highest BCUT2D eigenvalue weighted by Gasteiger charge is 2.09. The van der Waals surface area contributed by atoms with Crippen molar-refractivity contribution in [3.05, 3.63) is 63.6 Å². The molecule has 1 aromatic heterocycles. The zero-order valence-corrected chi connectivity index (χ0v) is 16.1. The second-order valence-corrected chi connectivity index (χ2v) is 6.30. The van der Waals surface area contributed by atoms with Crippen molar-refractivity contribution in [3.63, 3.8) is 0 Å². The van der Waals surface area contributed by atoms with E-state index in [2.05, 4.69) is 95.9 Å². The predicted octanol–water partition coefficient (Wildman–Crippen LogP) is 5.41. The smallest absolute Gasteiger partial charge is 0.0540 e. The van der Waals surface area contributed by atoms with Crippen LogP contribution in [0.3, 0.4) is 0 Å². The molecule has 0 atom stereocenters. The summed E-state index contributed by atoms with van der Waals surface area (Å²) in [4.78, 5) is 0. The number of hydrogen-bond donors (Lipinski definition) is 0. The second kappa shape index (κ2) is 7.65. The van der Waals surface area contributed by atoms with Crippen LogP contribution in [0.4, 0.5) is 0 Å². The SMILES string of the molecule is C/C=c1\c(=C(C)C)c2ccccc2n1-c1cccc(Br)c1.CC. The van der Waals surface area contributed by atoms with Gasteiger partial charge in [-0.2, -0.15) is 0 Å². The van der Waals surface area contributed by atoms with Gasteiger partial charge in [0.1, 0.15) is 0 Å². The van der Waals surface area contributed by atoms with Crippen molar-refractivity contribution in [2.24, 2.45) is 0 Å². The topological polar surface area (TPSA) is 4.93 Å². The van der Waals surface area contributed by atoms with Crippen LogP contribution in [-0.4, -0.2) is 4.57 Å². The van der Waals surface area contributed by atoms with E-state index >= 15 is 0 Å². The van der Waals surface area contributed by atoms with Crippen molar-refractivity contribution in [1.29, 1.82) is 0 Å². The van der Waals surface area contributed by atoms with Crippen molar-refractivity contribution in [3.8, 4) is 5.69 Å². The Labute approximate surface area is 147 Å². The molecule has 0 bridgehead atoms. The molecule has 0 spiro atoms. The summed E-state index contributed by atoms with van der Waals surface area (Å²) in [5, 5.41) is 3.91. The van der Waals surface area contributed by atoms with Gasteiger partial charge in [0.2, 0.25) is 0 Å². The third-order valence-corrected chi connectivity index (χ3v) is 4.24. The number of benzene rings is 2. The van der Waals surface area contributed by atoms with Crippen molar-refractivity contribution >= 4 is 38.5 Å². The van der Waals surface area contributed by atoms with Gasteiger partial charge in [0.15, 0.2) is 0 Å². The highest BCUT2D eigenvalue weighted by atomic mass is 79.9. The first-order valence-corrected chi connectivity index (χ1v) is 8.92. The van der Waals surface area contributed by atoms with E-state index in [1.165, 1.54) is 32.7 Å². The molecule has 0 N–H and O–H groups in total. The first kappa shape index (κ1) is 17.6. The highest BCUT2D eigenvalue weighted by molar-refractivity contribution is 9.10. The van der Waals surface area contributed by atoms with Crippen molar-refractivity contribution in [2.75, 3.05) is 0 Å². The summed E-state index contributed by atoms with van der Waals surface area (Å²) in [6, 6.07) is 17.1. The third-order valence-electron chi connectivity index (χ3n) is 3.75. The Morgan fingerprint density at radius 3 is 2.30 bits per heavy atom. The fourth-order valence-corrected chi connectivity index (χ4v) is 3.34. The minimum Gasteiger partial charge on any atom is -0.310 e. The molecule has 2 aromatic carbocycles. The van der Waals surface area contributed by atoms with Gasteiger partial charge in [-0.25, -0.2) is 0 Å². The number of rotatable bonds is 1. The molecule has 0 aliphatic heterocycles. The van der Waals surface area contributed by atoms with Crippen molar-refractivity contribution < 1.29 is 0 Å². The van der Waals surface area contributed by atoms with Gasteiger partial charge >= 0.3 is 0 Å². The molecule has 0 aliphatic carbocycles. The lowest BCUT2D eigenvalue weighted by Crippen LogP contribution is -2.29. The van der Waals surface area contributed by atoms with E-state index in [4.69, 9.17) is 0 Å². The molecule has 0 aliphatic rings. The first-order valence-electron chi connectivity index (χ1n) is 8.12. The summed E-state index contributed by atoms with van der Waals surface area (Å²) in [5.74, 6) is 0. The Hall–Kier alpha value is -1.80. The van der Waals surface area contributed by atoms with E-state index in [0.717, 1.165) is 4.47 Å². The molecule has 0 radical (unpaired) electrons. The Morgan fingerprint density at radius 1 is 1.00 bits per heavy atom. The van der Waals surface area contributed by atoms with Crippen LogP contribution in [0.25, 0.3) is 28.2 Å². The van der Waals surface area contributed by atoms with Crippen LogP contribution < -0.4 is 10.6 Å². The van der Waals surface area contributed by atoms with Crippen LogP contribution in [0.2, 0.25) is 0 Å². The van der Waals surface area contributed by atoms with Gasteiger partial charge < -0.3 is 4.57 Å². The standard InChI is InChI=1S/C19H18BrN.C2H6/c1-4-17-19(13(2)3)16-10-5-6-11-18(16)21(17)15-9-7-8-14(20)12-15;1-2/h4-12H,1-3H3;1-2H3/b17-4+;. The molecule has 0 fully saturated rings. The second-order valence-electron chi connectivity index (χ2n) is 5.38. The maximum atomic E-state index is 3.58. The van der Waals surface area contributed by atoms with Gasteiger partial charge in [-0.1, -0.05) is 65.7 Å². The van der Waals surface area contributed by atoms with Gasteiger partial charge in [0, 0.05) is 26.1 Å². The molecular weight excluding hydrogens is 346 g/mol. The van der Waals surface area contributed by atoms with Crippen LogP contribution in [0.1, 0.15) is 34.6 Å². The summed E-state index contributed by atoms with van der Waals surface area (Å²) in [7, 11) is 0. The molecule has 0 amide bonds. The molecule has 0 saturated heterocycles. The lowest BCUT2D eigenvalue weighted by Gasteiger charge is -2.07. The van der Waals surface area contributed by atoms with Gasteiger partial charge in [0.25, 0.3) is 0 Å². The molecule has 1 nitrogen and oxygen atoms in total. The molecule has 120 valence electrons. The van der Waals surface area contributed by atoms with E-state index in [9.17, 15) is 0 Å². The zero-order valence-electron chi connectivity index (χ0n) is 14.5. The monoisotopic (exact) mass is 369 g/mol. The summed E-state index contributed by atoms with van der Waals surface area (Å²) >= 11 is 3.58. The van der Waals surface area contributed by atoms with Gasteiger partial charge in [-0.05, 0) is 45.0 Å². The molecule has 23 heavy (non-hydrogen) atoms. The normalized spacial score (nSPS) is 11.3. The molecule has 1 heterocycles. The summed E-state index contributed by atoms with van der Waals surface area (Å²) in [6.07, 6.45) is 2.20. The van der Waals surface area contributed by atoms with Crippen LogP contribution in [0.15, 0.2) is 53.0 Å². The summed E-state index contributed by atoms with van der Waals surface area (Å²) < 4.78 is 3.43. The highest BCUT2D eigenvalue weighted by Crippen LogP contribution is 2.18. The van der Waals surface area contributed by atoms with Crippen LogP contribution in [-0.2, 0) is 0 Å². The number of para-hydroxylation sites is 1. The predicted molar refractivity (Wildman–Crippen MR) is 106 cm³/mol. The minimum absolute atomic E-state index is 1.10. The molecule has 2 heteroatoms. The van der Waals surface area contributed by atoms with Crippen molar-refractivity contribution in [2.45, 2.75) is 34.6 Å². The molecule has 3 rings (SSSR count). The summed E-state index contributed by atoms with van der Waals surface area (Å²) in [5.41, 5.74) is 3.77. The maximum Gasteiger partial charge on any atom is 0.0540 e. The lowest BCUT2D eigenvalue weighted by molar-refractivity contribution is 1.06. The number of hydrogen-bond acceptors (Lipinski definition) is 0. The Bertz CT molecular complexity index is 928. The largest absolute Gasteiger partial charge is 0.310 e. The first-order chi connectivity index (χ1) is 11.1. The molecule has 0 saturated carbocycles. The maximum absolute atomic E-state index is 3.58. The number of fused-ring (bicyclic) bond motifs is 1. The quantitative estimate of drug-likeness (QED) is 0.540. The number of aromatic nitrogens is 1. The zero-order chi connectivity index (χ0) is 17.0. The Morgan fingerprint density at radius 2 is 1.70 bits per heavy atom. The molecule has 0 unspecified atom stereocenters. The molecular formula is C21H24BrN. The average Bonchev–Trinajstić information content (AvgIpc) is 2.91. The van der Waals surface area contributed by atoms with Gasteiger partial charge in [-0.3, -0.25) is 0 Å². The summed E-state index contributed by atoms with van der Waals surface area (Å²) in [6.45, 7) is 10.5. The average molecular weight is 370 g/mol. The minimum atomic E-state index is 1.10. The number of nitrogens with zero attached hydrogens (tertiary/aromatic N) is 1. The van der Waals surface area contributed by atoms with Gasteiger partial charge in [0.05, 0.1) is 5.52 Å². The van der Waals surface area contributed by atoms with Crippen LogP contribution in [0, 0.1) is 0 Å². The Kier molecular flexibility index (Phi) is 5.84. The number of halogens is 1. The van der Waals surface area contributed by atoms with E-state index in [1.807, 2.05) is 13.8 Å². The lowest BCUT2D eigenvalue weighted by atomic mass is 10.1. The third kappa shape index (κ3) is 3.28. The fourth-order valence-electron chi connectivity index (χ4n) is 2.95. The van der Waals surface area contributed by atoms with E-state index in [0.29, 0.717) is 0 Å². The molecule has 3 aromatic rings. The van der Waals surface area contributed by atoms with Crippen LogP contribution in [0.5, 0.6) is 0 Å². The van der Waals surface area contributed by atoms with E-state index < -0.39 is 0 Å². The van der Waals surface area contributed by atoms with E-state index in [1.54, 1.807) is 0 Å². The Balaban J connectivity index is 0.000000924. The fraction of sp³-hybridized carbons (Fsp3) is 0.238. The van der Waals surface area contributed by atoms with Crippen LogP contribution >= 0.6 is 15.9 Å². The van der Waals surface area contributed by atoms with E-state index in [-0.39, 0.29) is 0 Å². The van der Waals surface area contributed by atoms with Crippen molar-refractivity contribution in [1.82, 2.24) is 4.57 Å². The van der Waals surface area contributed by atoms with Gasteiger partial charge in [-0.15, -0.1) is 0 Å².